The van der Waals surface area contributed by atoms with E-state index in [1.165, 1.54) is 0 Å². The number of carboxylic acids is 1. The lowest BCUT2D eigenvalue weighted by molar-refractivity contribution is 0.0387. The quantitative estimate of drug-likeness (QED) is 0.887. The minimum Gasteiger partial charge on any atom is -0.475 e. The smallest absolute Gasteiger partial charge is 0.371 e. The highest BCUT2D eigenvalue weighted by Gasteiger charge is 2.21. The van der Waals surface area contributed by atoms with Crippen LogP contribution in [0.4, 0.5) is 0 Å². The van der Waals surface area contributed by atoms with Crippen LogP contribution in [-0.4, -0.2) is 42.3 Å². The van der Waals surface area contributed by atoms with Crippen molar-refractivity contribution in [2.45, 2.75) is 32.4 Å². The van der Waals surface area contributed by atoms with Crippen LogP contribution in [0.3, 0.4) is 0 Å². The number of methoxy groups -OCH3 is 1. The first-order valence-electron chi connectivity index (χ1n) is 6.18. The van der Waals surface area contributed by atoms with Gasteiger partial charge >= 0.3 is 5.97 Å². The summed E-state index contributed by atoms with van der Waals surface area (Å²) in [5, 5.41) is 8.87. The van der Waals surface area contributed by atoms with Crippen LogP contribution in [-0.2, 0) is 11.3 Å². The third-order valence-electron chi connectivity index (χ3n) is 3.49. The number of ether oxygens (including phenoxy) is 1. The molecule has 0 radical (unpaired) electrons. The molecule has 2 rings (SSSR count). The van der Waals surface area contributed by atoms with E-state index >= 15 is 0 Å². The number of rotatable bonds is 4. The summed E-state index contributed by atoms with van der Waals surface area (Å²) in [5.41, 5.74) is 0.961. The number of aryl methyl sites for hydroxylation is 1. The average Bonchev–Trinajstić information content (AvgIpc) is 2.72. The highest BCUT2D eigenvalue weighted by atomic mass is 16.5. The Morgan fingerprint density at radius 2 is 2.22 bits per heavy atom. The van der Waals surface area contributed by atoms with Crippen LogP contribution in [0.5, 0.6) is 0 Å². The van der Waals surface area contributed by atoms with Crippen LogP contribution in [0.1, 0.15) is 34.7 Å². The van der Waals surface area contributed by atoms with Gasteiger partial charge in [-0.1, -0.05) is 0 Å². The fourth-order valence-corrected chi connectivity index (χ4v) is 2.33. The van der Waals surface area contributed by atoms with Crippen molar-refractivity contribution in [2.75, 3.05) is 20.2 Å². The summed E-state index contributed by atoms with van der Waals surface area (Å²) < 4.78 is 10.5. The number of furan rings is 1. The van der Waals surface area contributed by atoms with Crippen molar-refractivity contribution < 1.29 is 19.1 Å². The van der Waals surface area contributed by atoms with E-state index in [0.717, 1.165) is 38.0 Å². The van der Waals surface area contributed by atoms with Crippen molar-refractivity contribution in [1.29, 1.82) is 0 Å². The molecule has 18 heavy (non-hydrogen) atoms. The zero-order valence-corrected chi connectivity index (χ0v) is 10.8. The number of likely N-dealkylation sites (tertiary alicyclic amines) is 1. The second-order valence-corrected chi connectivity index (χ2v) is 4.71. The van der Waals surface area contributed by atoms with Crippen LogP contribution >= 0.6 is 0 Å². The normalized spacial score (nSPS) is 18.1. The number of nitrogens with zero attached hydrogens (tertiary/aromatic N) is 1. The van der Waals surface area contributed by atoms with Gasteiger partial charge in [0, 0.05) is 32.3 Å². The van der Waals surface area contributed by atoms with Crippen LogP contribution < -0.4 is 0 Å². The monoisotopic (exact) mass is 253 g/mol. The predicted octanol–water partition coefficient (Wildman–Crippen LogP) is 1.90. The number of hydrogen-bond acceptors (Lipinski definition) is 4. The van der Waals surface area contributed by atoms with E-state index in [0.29, 0.717) is 11.9 Å². The fourth-order valence-electron chi connectivity index (χ4n) is 2.33. The lowest BCUT2D eigenvalue weighted by Crippen LogP contribution is -2.36. The molecule has 0 aliphatic carbocycles. The first-order valence-corrected chi connectivity index (χ1v) is 6.18. The third kappa shape index (κ3) is 2.91. The summed E-state index contributed by atoms with van der Waals surface area (Å²) in [6.07, 6.45) is 2.42. The van der Waals surface area contributed by atoms with Crippen molar-refractivity contribution >= 4 is 5.97 Å². The van der Waals surface area contributed by atoms with Gasteiger partial charge in [0.1, 0.15) is 5.76 Å². The number of piperidine rings is 1. The molecule has 1 N–H and O–H groups in total. The molecule has 1 fully saturated rings. The minimum absolute atomic E-state index is 0.0225. The zero-order valence-electron chi connectivity index (χ0n) is 10.8. The summed E-state index contributed by atoms with van der Waals surface area (Å²) in [4.78, 5) is 13.1. The first kappa shape index (κ1) is 13.1. The largest absolute Gasteiger partial charge is 0.475 e. The molecular weight excluding hydrogens is 234 g/mol. The first-order chi connectivity index (χ1) is 8.60. The Kier molecular flexibility index (Phi) is 4.04. The molecule has 0 spiro atoms. The van der Waals surface area contributed by atoms with Crippen molar-refractivity contribution in [3.05, 3.63) is 23.2 Å². The SMILES string of the molecule is COC1CCN(Cc2cc(C(=O)O)oc2C)CC1. The molecule has 100 valence electrons. The Labute approximate surface area is 106 Å². The Morgan fingerprint density at radius 3 is 2.72 bits per heavy atom. The number of aromatic carboxylic acids is 1. The van der Waals surface area contributed by atoms with Crippen molar-refractivity contribution in [3.63, 3.8) is 0 Å². The number of carbonyl (C=O) groups is 1. The maximum Gasteiger partial charge on any atom is 0.371 e. The van der Waals surface area contributed by atoms with E-state index in [4.69, 9.17) is 14.3 Å². The highest BCUT2D eigenvalue weighted by molar-refractivity contribution is 5.84. The van der Waals surface area contributed by atoms with Gasteiger partial charge in [-0.3, -0.25) is 4.90 Å². The van der Waals surface area contributed by atoms with Crippen LogP contribution in [0.15, 0.2) is 10.5 Å². The summed E-state index contributed by atoms with van der Waals surface area (Å²) in [6.45, 7) is 4.51. The topological polar surface area (TPSA) is 62.9 Å². The Bertz CT molecular complexity index is 419. The van der Waals surface area contributed by atoms with Crippen molar-refractivity contribution in [1.82, 2.24) is 4.90 Å². The molecule has 1 aliphatic heterocycles. The summed E-state index contributed by atoms with van der Waals surface area (Å²) in [7, 11) is 1.75. The molecule has 0 bridgehead atoms. The van der Waals surface area contributed by atoms with E-state index in [9.17, 15) is 4.79 Å². The number of hydrogen-bond donors (Lipinski definition) is 1. The molecule has 1 aromatic rings. The van der Waals surface area contributed by atoms with Gasteiger partial charge in [0.15, 0.2) is 0 Å². The zero-order chi connectivity index (χ0) is 13.1. The minimum atomic E-state index is -1.01. The van der Waals surface area contributed by atoms with Gasteiger partial charge in [-0.05, 0) is 25.8 Å². The Hall–Kier alpha value is -1.33. The van der Waals surface area contributed by atoms with E-state index in [1.807, 2.05) is 6.92 Å². The lowest BCUT2D eigenvalue weighted by Gasteiger charge is -2.30. The van der Waals surface area contributed by atoms with E-state index in [2.05, 4.69) is 4.90 Å². The van der Waals surface area contributed by atoms with E-state index < -0.39 is 5.97 Å². The molecule has 5 nitrogen and oxygen atoms in total. The molecule has 0 atom stereocenters. The lowest BCUT2D eigenvalue weighted by atomic mass is 10.1. The second-order valence-electron chi connectivity index (χ2n) is 4.71. The van der Waals surface area contributed by atoms with Crippen LogP contribution in [0.25, 0.3) is 0 Å². The van der Waals surface area contributed by atoms with Crippen LogP contribution in [0.2, 0.25) is 0 Å². The van der Waals surface area contributed by atoms with Gasteiger partial charge in [-0.15, -0.1) is 0 Å². The van der Waals surface area contributed by atoms with Gasteiger partial charge < -0.3 is 14.3 Å². The molecule has 0 saturated carbocycles. The summed E-state index contributed by atoms with van der Waals surface area (Å²) in [5.74, 6) is -0.294. The van der Waals surface area contributed by atoms with E-state index in [1.54, 1.807) is 13.2 Å². The molecule has 0 amide bonds. The molecular formula is C13H19NO4. The van der Waals surface area contributed by atoms with Gasteiger partial charge in [0.25, 0.3) is 0 Å². The van der Waals surface area contributed by atoms with Crippen molar-refractivity contribution in [2.24, 2.45) is 0 Å². The van der Waals surface area contributed by atoms with Crippen LogP contribution in [0, 0.1) is 6.92 Å². The molecule has 2 heterocycles. The fraction of sp³-hybridized carbons (Fsp3) is 0.615. The predicted molar refractivity (Wildman–Crippen MR) is 65.7 cm³/mol. The molecule has 1 aromatic heterocycles. The molecule has 5 heteroatoms. The van der Waals surface area contributed by atoms with Gasteiger partial charge in [-0.25, -0.2) is 4.79 Å². The summed E-state index contributed by atoms with van der Waals surface area (Å²) >= 11 is 0. The maximum absolute atomic E-state index is 10.8. The molecule has 1 aliphatic rings. The van der Waals surface area contributed by atoms with Gasteiger partial charge in [0.05, 0.1) is 6.10 Å². The molecule has 1 saturated heterocycles. The van der Waals surface area contributed by atoms with E-state index in [-0.39, 0.29) is 5.76 Å². The molecule has 0 aromatic carbocycles. The number of carboxylic acid groups (broad SMARTS) is 1. The Morgan fingerprint density at radius 1 is 1.56 bits per heavy atom. The van der Waals surface area contributed by atoms with Gasteiger partial charge in [0.2, 0.25) is 5.76 Å². The maximum atomic E-state index is 10.8. The van der Waals surface area contributed by atoms with Gasteiger partial charge in [-0.2, -0.15) is 0 Å². The van der Waals surface area contributed by atoms with Crippen molar-refractivity contribution in [3.8, 4) is 0 Å². The highest BCUT2D eigenvalue weighted by Crippen LogP contribution is 2.20. The Balaban J connectivity index is 1.96. The third-order valence-corrected chi connectivity index (χ3v) is 3.49. The average molecular weight is 253 g/mol. The second kappa shape index (κ2) is 5.54. The summed E-state index contributed by atoms with van der Waals surface area (Å²) in [6, 6.07) is 1.63. The standard InChI is InChI=1S/C13H19NO4/c1-9-10(7-12(18-9)13(15)16)8-14-5-3-11(17-2)4-6-14/h7,11H,3-6,8H2,1-2H3,(H,15,16). The molecule has 0 unspecified atom stereocenters.